The molecule has 2 aliphatic rings. The van der Waals surface area contributed by atoms with Gasteiger partial charge in [-0.3, -0.25) is 24.5 Å². The largest absolute Gasteiger partial charge is 0.466 e. The first-order valence-electron chi connectivity index (χ1n) is 19.4. The highest BCUT2D eigenvalue weighted by Gasteiger charge is 2.43. The molecule has 0 bridgehead atoms. The molecular weight excluding hydrogens is 776 g/mol. The standard InChI is InChI=1S/C45H49ClN4O9/c1-6-45(22-21-36(51)50-44(45)56)30-17-19-31(20-18-30)49-41(53)33(25-27(3)29-13-9-8-10-14-29)40(52)47-23-24-58-26-35-39(43(55)59-7-2)38(32-15-11-12-16-34(32)46)37(28(4)48-35)42(54)57-5/h8-20,25,33,38,48H,6-7,21-24,26H2,1-5H3,(H,47,52)(H,49,53)(H,50,51,56)/b27-25+. The van der Waals surface area contributed by atoms with Crippen molar-refractivity contribution in [3.05, 3.63) is 129 Å². The minimum Gasteiger partial charge on any atom is -0.466 e. The molecule has 3 aromatic rings. The van der Waals surface area contributed by atoms with Crippen molar-refractivity contribution in [2.45, 2.75) is 58.3 Å². The number of amides is 4. The number of anilines is 1. The van der Waals surface area contributed by atoms with Gasteiger partial charge in [0.05, 0.1) is 55.1 Å². The van der Waals surface area contributed by atoms with Crippen LogP contribution in [0.2, 0.25) is 5.02 Å². The SMILES string of the molecule is CCOC(=O)C1=C(COCCNC(=O)C(/C=C(\C)c2ccccc2)C(=O)Nc2ccc(C3(CC)CCC(=O)NC3=O)cc2)NC(C)=C(C(=O)OC)C1c1ccccc1Cl. The third kappa shape index (κ3) is 10.2. The summed E-state index contributed by atoms with van der Waals surface area (Å²) in [4.78, 5) is 78.9. The normalized spacial score (nSPS) is 18.7. The highest BCUT2D eigenvalue weighted by atomic mass is 35.5. The Morgan fingerprint density at radius 1 is 0.915 bits per heavy atom. The van der Waals surface area contributed by atoms with Gasteiger partial charge in [-0.15, -0.1) is 0 Å². The van der Waals surface area contributed by atoms with Crippen molar-refractivity contribution in [1.82, 2.24) is 16.0 Å². The van der Waals surface area contributed by atoms with Gasteiger partial charge in [-0.1, -0.05) is 85.3 Å². The van der Waals surface area contributed by atoms with Crippen LogP contribution in [0.4, 0.5) is 5.69 Å². The minimum atomic E-state index is -1.24. The summed E-state index contributed by atoms with van der Waals surface area (Å²) in [6, 6.07) is 23.1. The number of hydrogen-bond acceptors (Lipinski definition) is 10. The molecule has 2 aliphatic heterocycles. The molecule has 2 heterocycles. The Labute approximate surface area is 348 Å². The van der Waals surface area contributed by atoms with Gasteiger partial charge in [0.1, 0.15) is 5.92 Å². The molecule has 1 fully saturated rings. The van der Waals surface area contributed by atoms with Crippen LogP contribution in [0.3, 0.4) is 0 Å². The number of esters is 2. The zero-order valence-corrected chi connectivity index (χ0v) is 34.5. The quantitative estimate of drug-likeness (QED) is 0.0592. The number of nitrogens with one attached hydrogen (secondary N) is 4. The Hall–Kier alpha value is -6.05. The number of dihydropyridines is 1. The lowest BCUT2D eigenvalue weighted by Gasteiger charge is -2.35. The Kier molecular flexibility index (Phi) is 15.0. The van der Waals surface area contributed by atoms with E-state index in [9.17, 15) is 28.8 Å². The zero-order chi connectivity index (χ0) is 42.7. The van der Waals surface area contributed by atoms with E-state index in [-0.39, 0.29) is 55.7 Å². The van der Waals surface area contributed by atoms with Crippen molar-refractivity contribution >= 4 is 58.4 Å². The molecule has 0 spiro atoms. The van der Waals surface area contributed by atoms with Gasteiger partial charge in [0.15, 0.2) is 0 Å². The molecule has 1 saturated heterocycles. The summed E-state index contributed by atoms with van der Waals surface area (Å²) in [5.74, 6) is -5.28. The number of rotatable bonds is 16. The van der Waals surface area contributed by atoms with E-state index in [0.717, 1.165) is 11.1 Å². The fraction of sp³-hybridized carbons (Fsp3) is 0.333. The van der Waals surface area contributed by atoms with Crippen LogP contribution in [0, 0.1) is 5.92 Å². The average Bonchev–Trinajstić information content (AvgIpc) is 3.23. The summed E-state index contributed by atoms with van der Waals surface area (Å²) in [5.41, 5.74) is 3.43. The fourth-order valence-corrected chi connectivity index (χ4v) is 7.61. The predicted octanol–water partition coefficient (Wildman–Crippen LogP) is 5.87. The van der Waals surface area contributed by atoms with Crippen LogP contribution in [-0.2, 0) is 48.4 Å². The molecular formula is C45H49ClN4O9. The molecule has 4 N–H and O–H groups in total. The Morgan fingerprint density at radius 3 is 2.25 bits per heavy atom. The smallest absolute Gasteiger partial charge is 0.336 e. The van der Waals surface area contributed by atoms with Crippen molar-refractivity contribution in [2.75, 3.05) is 38.8 Å². The highest BCUT2D eigenvalue weighted by molar-refractivity contribution is 6.31. The Morgan fingerprint density at radius 2 is 1.61 bits per heavy atom. The van der Waals surface area contributed by atoms with E-state index in [1.807, 2.05) is 44.2 Å². The van der Waals surface area contributed by atoms with Crippen molar-refractivity contribution in [3.8, 4) is 0 Å². The predicted molar refractivity (Wildman–Crippen MR) is 223 cm³/mol. The topological polar surface area (TPSA) is 178 Å². The van der Waals surface area contributed by atoms with Crippen LogP contribution in [0.1, 0.15) is 69.6 Å². The molecule has 3 unspecified atom stereocenters. The molecule has 0 aromatic heterocycles. The van der Waals surface area contributed by atoms with Crippen molar-refractivity contribution in [3.63, 3.8) is 0 Å². The van der Waals surface area contributed by atoms with Crippen LogP contribution in [-0.4, -0.2) is 69.0 Å². The molecule has 59 heavy (non-hydrogen) atoms. The van der Waals surface area contributed by atoms with Crippen LogP contribution >= 0.6 is 11.6 Å². The summed E-state index contributed by atoms with van der Waals surface area (Å²) in [6.07, 6.45) is 2.70. The molecule has 5 rings (SSSR count). The van der Waals surface area contributed by atoms with Crippen LogP contribution in [0.25, 0.3) is 5.57 Å². The summed E-state index contributed by atoms with van der Waals surface area (Å²) in [5, 5.41) is 11.5. The number of hydrogen-bond donors (Lipinski definition) is 4. The molecule has 0 radical (unpaired) electrons. The van der Waals surface area contributed by atoms with Gasteiger partial charge in [-0.25, -0.2) is 9.59 Å². The monoisotopic (exact) mass is 824 g/mol. The molecule has 310 valence electrons. The van der Waals surface area contributed by atoms with Gasteiger partial charge in [-0.05, 0) is 74.1 Å². The van der Waals surface area contributed by atoms with Gasteiger partial charge < -0.3 is 30.2 Å². The lowest BCUT2D eigenvalue weighted by Crippen LogP contribution is -2.51. The van der Waals surface area contributed by atoms with E-state index in [4.69, 9.17) is 25.8 Å². The van der Waals surface area contributed by atoms with E-state index in [1.165, 1.54) is 7.11 Å². The average molecular weight is 825 g/mol. The second-order valence-electron chi connectivity index (χ2n) is 14.1. The number of methoxy groups -OCH3 is 1. The number of benzene rings is 3. The van der Waals surface area contributed by atoms with Crippen molar-refractivity contribution in [1.29, 1.82) is 0 Å². The Balaban J connectivity index is 1.31. The number of piperidine rings is 1. The first-order valence-corrected chi connectivity index (χ1v) is 19.8. The number of carbonyl (C=O) groups excluding carboxylic acids is 6. The second kappa shape index (κ2) is 20.1. The van der Waals surface area contributed by atoms with E-state index >= 15 is 0 Å². The molecule has 0 saturated carbocycles. The fourth-order valence-electron chi connectivity index (χ4n) is 7.37. The number of halogens is 1. The maximum absolute atomic E-state index is 13.8. The number of imide groups is 1. The highest BCUT2D eigenvalue weighted by Crippen LogP contribution is 2.42. The lowest BCUT2D eigenvalue weighted by atomic mass is 9.72. The number of ether oxygens (including phenoxy) is 3. The van der Waals surface area contributed by atoms with Gasteiger partial charge in [0.2, 0.25) is 23.6 Å². The van der Waals surface area contributed by atoms with Gasteiger partial charge in [0.25, 0.3) is 0 Å². The lowest BCUT2D eigenvalue weighted by molar-refractivity contribution is -0.140. The molecule has 3 atom stereocenters. The third-order valence-corrected chi connectivity index (χ3v) is 10.9. The van der Waals surface area contributed by atoms with Crippen molar-refractivity contribution in [2.24, 2.45) is 5.92 Å². The van der Waals surface area contributed by atoms with Crippen LogP contribution < -0.4 is 21.3 Å². The number of carbonyl (C=O) groups is 6. The molecule has 4 amide bonds. The molecule has 13 nitrogen and oxygen atoms in total. The Bertz CT molecular complexity index is 2180. The van der Waals surface area contributed by atoms with E-state index in [0.29, 0.717) is 46.1 Å². The summed E-state index contributed by atoms with van der Waals surface area (Å²) < 4.78 is 16.5. The van der Waals surface area contributed by atoms with Crippen LogP contribution in [0.5, 0.6) is 0 Å². The summed E-state index contributed by atoms with van der Waals surface area (Å²) >= 11 is 6.61. The molecule has 0 aliphatic carbocycles. The van der Waals surface area contributed by atoms with Gasteiger partial charge >= 0.3 is 11.9 Å². The summed E-state index contributed by atoms with van der Waals surface area (Å²) in [7, 11) is 1.25. The molecule has 3 aromatic carbocycles. The van der Waals surface area contributed by atoms with E-state index in [1.54, 1.807) is 68.5 Å². The van der Waals surface area contributed by atoms with Crippen LogP contribution in [0.15, 0.2) is 107 Å². The van der Waals surface area contributed by atoms with Gasteiger partial charge in [0, 0.05) is 29.4 Å². The van der Waals surface area contributed by atoms with Gasteiger partial charge in [-0.2, -0.15) is 0 Å². The maximum atomic E-state index is 13.8. The van der Waals surface area contributed by atoms with E-state index in [2.05, 4.69) is 21.3 Å². The number of allylic oxidation sites excluding steroid dienone is 2. The van der Waals surface area contributed by atoms with Crippen molar-refractivity contribution < 1.29 is 43.0 Å². The molecule has 14 heteroatoms. The second-order valence-corrected chi connectivity index (χ2v) is 14.5. The zero-order valence-electron chi connectivity index (χ0n) is 33.7. The third-order valence-electron chi connectivity index (χ3n) is 10.5. The minimum absolute atomic E-state index is 0.00799. The summed E-state index contributed by atoms with van der Waals surface area (Å²) in [6.45, 7) is 7.02. The maximum Gasteiger partial charge on any atom is 0.336 e. The first-order chi connectivity index (χ1) is 28.3. The first kappa shape index (κ1) is 44.1. The van der Waals surface area contributed by atoms with E-state index < -0.39 is 41.0 Å².